The number of rotatable bonds is 3. The number of ether oxygens (including phenoxy) is 1. The molecule has 0 amide bonds. The van der Waals surface area contributed by atoms with Gasteiger partial charge in [-0.3, -0.25) is 0 Å². The maximum Gasteiger partial charge on any atom is 0.227 e. The minimum Gasteiger partial charge on any atom is -0.491 e. The molecule has 0 aliphatic carbocycles. The molecule has 0 radical (unpaired) electrons. The normalized spacial score (nSPS) is 11.2. The molecule has 0 unspecified atom stereocenters. The van der Waals surface area contributed by atoms with E-state index in [-0.39, 0.29) is 6.10 Å². The first-order valence-corrected chi connectivity index (χ1v) is 6.55. The summed E-state index contributed by atoms with van der Waals surface area (Å²) in [5.41, 5.74) is 8.78. The molecule has 20 heavy (non-hydrogen) atoms. The molecule has 3 rings (SSSR count). The zero-order valence-electron chi connectivity index (χ0n) is 11.5. The number of hydrogen-bond acceptors (Lipinski definition) is 4. The number of nitrogens with two attached hydrogens (primary N) is 1. The summed E-state index contributed by atoms with van der Waals surface area (Å²) in [5, 5.41) is 0. The van der Waals surface area contributed by atoms with Gasteiger partial charge >= 0.3 is 0 Å². The van der Waals surface area contributed by atoms with Gasteiger partial charge in [0.05, 0.1) is 6.10 Å². The van der Waals surface area contributed by atoms with Crippen LogP contribution in [0.2, 0.25) is 0 Å². The topological polar surface area (TPSA) is 61.3 Å². The molecule has 0 aliphatic heterocycles. The number of nitrogen functional groups attached to an aromatic ring is 1. The summed E-state index contributed by atoms with van der Waals surface area (Å²) in [5.74, 6) is 1.37. The Morgan fingerprint density at radius 2 is 2.00 bits per heavy atom. The van der Waals surface area contributed by atoms with Crippen LogP contribution in [0.5, 0.6) is 5.75 Å². The van der Waals surface area contributed by atoms with Crippen molar-refractivity contribution in [3.63, 3.8) is 0 Å². The van der Waals surface area contributed by atoms with Gasteiger partial charge in [0.2, 0.25) is 5.89 Å². The van der Waals surface area contributed by atoms with Crippen LogP contribution in [0.15, 0.2) is 46.9 Å². The highest BCUT2D eigenvalue weighted by molar-refractivity contribution is 5.79. The summed E-state index contributed by atoms with van der Waals surface area (Å²) in [4.78, 5) is 4.47. The standard InChI is InChI=1S/C16H16N2O2/c1-10(2)19-13-5-3-4-11(8-13)16-18-14-7-6-12(17)9-15(14)20-16/h3-10H,17H2,1-2H3. The molecule has 2 N–H and O–H groups in total. The summed E-state index contributed by atoms with van der Waals surface area (Å²) in [6.07, 6.45) is 0.133. The summed E-state index contributed by atoms with van der Waals surface area (Å²) in [7, 11) is 0. The molecule has 2 aromatic carbocycles. The second-order valence-corrected chi connectivity index (χ2v) is 4.94. The Labute approximate surface area is 117 Å². The van der Waals surface area contributed by atoms with Gasteiger partial charge in [-0.1, -0.05) is 6.07 Å². The van der Waals surface area contributed by atoms with Crippen LogP contribution in [0.25, 0.3) is 22.6 Å². The molecular formula is C16H16N2O2. The van der Waals surface area contributed by atoms with Crippen LogP contribution in [0.4, 0.5) is 5.69 Å². The minimum absolute atomic E-state index is 0.133. The first-order valence-electron chi connectivity index (χ1n) is 6.55. The number of nitrogens with zero attached hydrogens (tertiary/aromatic N) is 1. The van der Waals surface area contributed by atoms with Gasteiger partial charge in [-0.25, -0.2) is 4.98 Å². The van der Waals surface area contributed by atoms with E-state index < -0.39 is 0 Å². The van der Waals surface area contributed by atoms with Crippen molar-refractivity contribution >= 4 is 16.8 Å². The molecule has 1 heterocycles. The van der Waals surface area contributed by atoms with Gasteiger partial charge in [-0.05, 0) is 44.2 Å². The molecule has 0 spiro atoms. The van der Waals surface area contributed by atoms with Crippen molar-refractivity contribution in [3.8, 4) is 17.2 Å². The lowest BCUT2D eigenvalue weighted by atomic mass is 10.2. The molecule has 0 atom stereocenters. The molecule has 102 valence electrons. The second-order valence-electron chi connectivity index (χ2n) is 4.94. The SMILES string of the molecule is CC(C)Oc1cccc(-c2nc3ccc(N)cc3o2)c1. The average Bonchev–Trinajstić information content (AvgIpc) is 2.81. The summed E-state index contributed by atoms with van der Waals surface area (Å²) in [6.45, 7) is 3.99. The Balaban J connectivity index is 2.01. The number of anilines is 1. The van der Waals surface area contributed by atoms with E-state index in [0.717, 1.165) is 16.8 Å². The van der Waals surface area contributed by atoms with Gasteiger partial charge in [0.1, 0.15) is 11.3 Å². The van der Waals surface area contributed by atoms with Crippen molar-refractivity contribution < 1.29 is 9.15 Å². The monoisotopic (exact) mass is 268 g/mol. The van der Waals surface area contributed by atoms with E-state index in [2.05, 4.69) is 4.98 Å². The quantitative estimate of drug-likeness (QED) is 0.732. The summed E-state index contributed by atoms with van der Waals surface area (Å²) in [6, 6.07) is 13.2. The highest BCUT2D eigenvalue weighted by atomic mass is 16.5. The Kier molecular flexibility index (Phi) is 3.06. The van der Waals surface area contributed by atoms with E-state index >= 15 is 0 Å². The summed E-state index contributed by atoms with van der Waals surface area (Å²) < 4.78 is 11.4. The fourth-order valence-electron chi connectivity index (χ4n) is 2.04. The maximum atomic E-state index is 5.75. The highest BCUT2D eigenvalue weighted by Gasteiger charge is 2.09. The second kappa shape index (κ2) is 4.89. The lowest BCUT2D eigenvalue weighted by molar-refractivity contribution is 0.242. The Morgan fingerprint density at radius 3 is 2.80 bits per heavy atom. The molecule has 1 aromatic heterocycles. The van der Waals surface area contributed by atoms with Crippen molar-refractivity contribution in [1.82, 2.24) is 4.98 Å². The van der Waals surface area contributed by atoms with Crippen molar-refractivity contribution in [2.75, 3.05) is 5.73 Å². The maximum absolute atomic E-state index is 5.75. The number of benzene rings is 2. The predicted molar refractivity (Wildman–Crippen MR) is 79.6 cm³/mol. The van der Waals surface area contributed by atoms with Crippen LogP contribution >= 0.6 is 0 Å². The molecule has 4 nitrogen and oxygen atoms in total. The number of fused-ring (bicyclic) bond motifs is 1. The number of hydrogen-bond donors (Lipinski definition) is 1. The molecular weight excluding hydrogens is 252 g/mol. The van der Waals surface area contributed by atoms with E-state index in [9.17, 15) is 0 Å². The Bertz CT molecular complexity index is 747. The van der Waals surface area contributed by atoms with Gasteiger partial charge in [0.25, 0.3) is 0 Å². The van der Waals surface area contributed by atoms with Crippen LogP contribution in [0, 0.1) is 0 Å². The van der Waals surface area contributed by atoms with Crippen molar-refractivity contribution in [2.45, 2.75) is 20.0 Å². The van der Waals surface area contributed by atoms with E-state index in [1.54, 1.807) is 6.07 Å². The van der Waals surface area contributed by atoms with Gasteiger partial charge in [-0.15, -0.1) is 0 Å². The highest BCUT2D eigenvalue weighted by Crippen LogP contribution is 2.28. The molecule has 0 bridgehead atoms. The lowest BCUT2D eigenvalue weighted by Crippen LogP contribution is -2.05. The van der Waals surface area contributed by atoms with Gasteiger partial charge in [0.15, 0.2) is 5.58 Å². The van der Waals surface area contributed by atoms with E-state index in [1.165, 1.54) is 0 Å². The van der Waals surface area contributed by atoms with Crippen LogP contribution in [-0.2, 0) is 0 Å². The van der Waals surface area contributed by atoms with Crippen LogP contribution in [0.1, 0.15) is 13.8 Å². The van der Waals surface area contributed by atoms with Crippen LogP contribution in [-0.4, -0.2) is 11.1 Å². The first kappa shape index (κ1) is 12.5. The third kappa shape index (κ3) is 2.45. The molecule has 0 fully saturated rings. The average molecular weight is 268 g/mol. The Morgan fingerprint density at radius 1 is 1.15 bits per heavy atom. The van der Waals surface area contributed by atoms with E-state index in [0.29, 0.717) is 17.2 Å². The van der Waals surface area contributed by atoms with Crippen LogP contribution < -0.4 is 10.5 Å². The van der Waals surface area contributed by atoms with Crippen LogP contribution in [0.3, 0.4) is 0 Å². The number of oxazole rings is 1. The fourth-order valence-corrected chi connectivity index (χ4v) is 2.04. The van der Waals surface area contributed by atoms with Gasteiger partial charge < -0.3 is 14.9 Å². The zero-order chi connectivity index (χ0) is 14.1. The van der Waals surface area contributed by atoms with Gasteiger partial charge in [-0.2, -0.15) is 0 Å². The van der Waals surface area contributed by atoms with Crippen molar-refractivity contribution in [3.05, 3.63) is 42.5 Å². The zero-order valence-corrected chi connectivity index (χ0v) is 11.5. The van der Waals surface area contributed by atoms with Crippen molar-refractivity contribution in [2.24, 2.45) is 0 Å². The smallest absolute Gasteiger partial charge is 0.227 e. The minimum atomic E-state index is 0.133. The third-order valence-corrected chi connectivity index (χ3v) is 2.87. The van der Waals surface area contributed by atoms with E-state index in [4.69, 9.17) is 14.9 Å². The molecule has 3 aromatic rings. The summed E-state index contributed by atoms with van der Waals surface area (Å²) >= 11 is 0. The first-order chi connectivity index (χ1) is 9.61. The number of aromatic nitrogens is 1. The Hall–Kier alpha value is -2.49. The lowest BCUT2D eigenvalue weighted by Gasteiger charge is -2.09. The predicted octanol–water partition coefficient (Wildman–Crippen LogP) is 3.86. The molecule has 0 saturated heterocycles. The molecule has 0 aliphatic rings. The van der Waals surface area contributed by atoms with Crippen molar-refractivity contribution in [1.29, 1.82) is 0 Å². The largest absolute Gasteiger partial charge is 0.491 e. The van der Waals surface area contributed by atoms with Gasteiger partial charge in [0, 0.05) is 17.3 Å². The molecule has 4 heteroatoms. The third-order valence-electron chi connectivity index (χ3n) is 2.87. The van der Waals surface area contributed by atoms with E-state index in [1.807, 2.05) is 50.2 Å². The fraction of sp³-hybridized carbons (Fsp3) is 0.188. The molecule has 0 saturated carbocycles.